The van der Waals surface area contributed by atoms with Gasteiger partial charge in [0.15, 0.2) is 0 Å². The highest BCUT2D eigenvalue weighted by Crippen LogP contribution is 2.33. The Morgan fingerprint density at radius 2 is 1.92 bits per heavy atom. The average Bonchev–Trinajstić information content (AvgIpc) is 3.01. The van der Waals surface area contributed by atoms with Crippen molar-refractivity contribution in [3.05, 3.63) is 64.9 Å². The number of fused-ring (bicyclic) bond motifs is 1. The second kappa shape index (κ2) is 7.08. The lowest BCUT2D eigenvalue weighted by Gasteiger charge is -2.12. The first-order valence-corrected chi connectivity index (χ1v) is 9.20. The van der Waals surface area contributed by atoms with Gasteiger partial charge in [-0.15, -0.1) is 23.1 Å². The number of aliphatic hydroxyl groups is 1. The number of aliphatic hydroxyl groups excluding tert-OH is 1. The van der Waals surface area contributed by atoms with Gasteiger partial charge in [0.2, 0.25) is 0 Å². The van der Waals surface area contributed by atoms with Crippen LogP contribution in [0.4, 0.5) is 0 Å². The number of rotatable bonds is 4. The molecule has 1 atom stereocenters. The van der Waals surface area contributed by atoms with Gasteiger partial charge in [-0.05, 0) is 38.1 Å². The summed E-state index contributed by atoms with van der Waals surface area (Å²) < 4.78 is 1.01. The van der Waals surface area contributed by atoms with Crippen LogP contribution >= 0.6 is 23.1 Å². The van der Waals surface area contributed by atoms with Crippen molar-refractivity contribution in [2.45, 2.75) is 24.0 Å². The Hall–Kier alpha value is -2.29. The fraction of sp³-hybridized carbons (Fsp3) is 0.158. The van der Waals surface area contributed by atoms with Gasteiger partial charge in [-0.1, -0.05) is 29.8 Å². The number of thioether (sulfide) groups is 1. The lowest BCUT2D eigenvalue weighted by molar-refractivity contribution is 0.402. The summed E-state index contributed by atoms with van der Waals surface area (Å²) in [4.78, 5) is 5.53. The Morgan fingerprint density at radius 1 is 1.21 bits per heavy atom. The van der Waals surface area contributed by atoms with E-state index in [-0.39, 0.29) is 16.6 Å². The van der Waals surface area contributed by atoms with E-state index in [1.54, 1.807) is 0 Å². The van der Waals surface area contributed by atoms with E-state index in [0.717, 1.165) is 15.1 Å². The molecule has 3 nitrogen and oxygen atoms in total. The molecular formula is C19H16N2OS2. The van der Waals surface area contributed by atoms with Crippen LogP contribution in [0.25, 0.3) is 15.8 Å². The molecule has 0 amide bonds. The Balaban J connectivity index is 1.91. The Kier molecular flexibility index (Phi) is 4.89. The number of thiazole rings is 1. The number of aromatic nitrogens is 1. The summed E-state index contributed by atoms with van der Waals surface area (Å²) in [6.45, 7) is 3.93. The lowest BCUT2D eigenvalue weighted by Crippen LogP contribution is -2.03. The normalized spacial score (nSPS) is 13.4. The number of nitriles is 1. The molecule has 0 spiro atoms. The molecule has 2 aromatic carbocycles. The largest absolute Gasteiger partial charge is 0.510 e. The Labute approximate surface area is 149 Å². The van der Waals surface area contributed by atoms with Crippen LogP contribution in [-0.2, 0) is 0 Å². The fourth-order valence-corrected chi connectivity index (χ4v) is 4.17. The molecule has 5 heteroatoms. The van der Waals surface area contributed by atoms with E-state index in [1.807, 2.05) is 62.4 Å². The SMILES string of the molecule is Cc1ccc(SC(C)/C(O)=C(\C#N)c2nc3ccccc3s2)cc1. The summed E-state index contributed by atoms with van der Waals surface area (Å²) in [5.74, 6) is 0.0714. The van der Waals surface area contributed by atoms with Crippen molar-refractivity contribution in [1.29, 1.82) is 5.26 Å². The molecule has 0 aliphatic heterocycles. The maximum atomic E-state index is 10.6. The number of nitrogens with zero attached hydrogens (tertiary/aromatic N) is 2. The quantitative estimate of drug-likeness (QED) is 0.378. The monoisotopic (exact) mass is 352 g/mol. The molecule has 1 heterocycles. The number of para-hydroxylation sites is 1. The van der Waals surface area contributed by atoms with Gasteiger partial charge in [-0.2, -0.15) is 5.26 Å². The van der Waals surface area contributed by atoms with Crippen LogP contribution in [0.5, 0.6) is 0 Å². The minimum absolute atomic E-state index is 0.0714. The van der Waals surface area contributed by atoms with Gasteiger partial charge >= 0.3 is 0 Å². The molecule has 3 rings (SSSR count). The van der Waals surface area contributed by atoms with E-state index in [1.165, 1.54) is 28.7 Å². The summed E-state index contributed by atoms with van der Waals surface area (Å²) in [5.41, 5.74) is 2.29. The van der Waals surface area contributed by atoms with Crippen molar-refractivity contribution in [3.8, 4) is 6.07 Å². The van der Waals surface area contributed by atoms with Crippen molar-refractivity contribution in [3.63, 3.8) is 0 Å². The molecule has 24 heavy (non-hydrogen) atoms. The van der Waals surface area contributed by atoms with Crippen LogP contribution in [0.3, 0.4) is 0 Å². The number of aryl methyl sites for hydroxylation is 1. The number of benzene rings is 2. The van der Waals surface area contributed by atoms with Crippen molar-refractivity contribution in [2.75, 3.05) is 0 Å². The zero-order valence-corrected chi connectivity index (χ0v) is 15.0. The van der Waals surface area contributed by atoms with Gasteiger partial charge in [0.05, 0.1) is 15.5 Å². The highest BCUT2D eigenvalue weighted by Gasteiger charge is 2.19. The summed E-state index contributed by atoms with van der Waals surface area (Å²) in [7, 11) is 0. The predicted octanol–water partition coefficient (Wildman–Crippen LogP) is 5.58. The third-order valence-corrected chi connectivity index (χ3v) is 5.77. The van der Waals surface area contributed by atoms with Gasteiger partial charge < -0.3 is 5.11 Å². The lowest BCUT2D eigenvalue weighted by atomic mass is 10.2. The van der Waals surface area contributed by atoms with Crippen LogP contribution in [0.15, 0.2) is 59.2 Å². The highest BCUT2D eigenvalue weighted by atomic mass is 32.2. The van der Waals surface area contributed by atoms with Crippen molar-refractivity contribution < 1.29 is 5.11 Å². The highest BCUT2D eigenvalue weighted by molar-refractivity contribution is 8.00. The van der Waals surface area contributed by atoms with Crippen molar-refractivity contribution in [1.82, 2.24) is 4.98 Å². The number of allylic oxidation sites excluding steroid dienone is 1. The van der Waals surface area contributed by atoms with Gasteiger partial charge in [0.1, 0.15) is 22.4 Å². The molecule has 0 saturated carbocycles. The molecule has 0 bridgehead atoms. The molecule has 0 radical (unpaired) electrons. The number of hydrogen-bond donors (Lipinski definition) is 1. The standard InChI is InChI=1S/C19H16N2OS2/c1-12-7-9-14(10-8-12)23-13(2)18(22)15(11-20)19-21-16-5-3-4-6-17(16)24-19/h3-10,13,22H,1-2H3/b18-15-. The molecule has 3 aromatic rings. The van der Waals surface area contributed by atoms with E-state index in [0.29, 0.717) is 5.01 Å². The first kappa shape index (κ1) is 16.6. The summed E-state index contributed by atoms with van der Waals surface area (Å²) in [6, 6.07) is 18.0. The van der Waals surface area contributed by atoms with Crippen molar-refractivity contribution in [2.24, 2.45) is 0 Å². The minimum Gasteiger partial charge on any atom is -0.510 e. The predicted molar refractivity (Wildman–Crippen MR) is 101 cm³/mol. The zero-order chi connectivity index (χ0) is 17.1. The first-order valence-electron chi connectivity index (χ1n) is 7.51. The van der Waals surface area contributed by atoms with E-state index >= 15 is 0 Å². The summed E-state index contributed by atoms with van der Waals surface area (Å²) >= 11 is 2.95. The van der Waals surface area contributed by atoms with E-state index in [4.69, 9.17) is 0 Å². The van der Waals surface area contributed by atoms with Crippen molar-refractivity contribution >= 4 is 38.9 Å². The van der Waals surface area contributed by atoms with E-state index in [2.05, 4.69) is 11.1 Å². The third kappa shape index (κ3) is 3.45. The smallest absolute Gasteiger partial charge is 0.138 e. The molecule has 0 fully saturated rings. The minimum atomic E-state index is -0.227. The molecule has 120 valence electrons. The molecule has 1 aromatic heterocycles. The molecule has 0 aliphatic carbocycles. The van der Waals surface area contributed by atoms with Gasteiger partial charge in [0.25, 0.3) is 0 Å². The maximum absolute atomic E-state index is 10.6. The molecule has 0 aliphatic rings. The third-order valence-electron chi connectivity index (χ3n) is 3.59. The van der Waals surface area contributed by atoms with E-state index < -0.39 is 0 Å². The molecular weight excluding hydrogens is 336 g/mol. The summed E-state index contributed by atoms with van der Waals surface area (Å²) in [5, 5.41) is 20.4. The number of hydrogen-bond acceptors (Lipinski definition) is 5. The average molecular weight is 352 g/mol. The van der Waals surface area contributed by atoms with Crippen LogP contribution < -0.4 is 0 Å². The molecule has 1 unspecified atom stereocenters. The van der Waals surface area contributed by atoms with Crippen LogP contribution in [0.1, 0.15) is 17.5 Å². The van der Waals surface area contributed by atoms with Gasteiger partial charge in [-0.25, -0.2) is 4.98 Å². The van der Waals surface area contributed by atoms with Gasteiger partial charge in [0, 0.05) is 4.90 Å². The topological polar surface area (TPSA) is 56.9 Å². The van der Waals surface area contributed by atoms with Gasteiger partial charge in [-0.3, -0.25) is 0 Å². The molecule has 0 saturated heterocycles. The first-order chi connectivity index (χ1) is 11.6. The second-order valence-electron chi connectivity index (χ2n) is 5.43. The zero-order valence-electron chi connectivity index (χ0n) is 13.4. The van der Waals surface area contributed by atoms with Crippen LogP contribution in [0, 0.1) is 18.3 Å². The molecule has 1 N–H and O–H groups in total. The summed E-state index contributed by atoms with van der Waals surface area (Å²) in [6.07, 6.45) is 0. The van der Waals surface area contributed by atoms with Crippen LogP contribution in [0.2, 0.25) is 0 Å². The fourth-order valence-electron chi connectivity index (χ4n) is 2.27. The van der Waals surface area contributed by atoms with Crippen LogP contribution in [-0.4, -0.2) is 15.3 Å². The maximum Gasteiger partial charge on any atom is 0.138 e. The second-order valence-corrected chi connectivity index (χ2v) is 7.88. The Morgan fingerprint density at radius 3 is 2.58 bits per heavy atom. The Bertz CT molecular complexity index is 903. The van der Waals surface area contributed by atoms with E-state index in [9.17, 15) is 10.4 Å².